The zero-order valence-electron chi connectivity index (χ0n) is 16.2. The minimum Gasteiger partial charge on any atom is -0.496 e. The summed E-state index contributed by atoms with van der Waals surface area (Å²) in [5.74, 6) is 2.06. The summed E-state index contributed by atoms with van der Waals surface area (Å²) >= 11 is 0. The van der Waals surface area contributed by atoms with Gasteiger partial charge in [0.1, 0.15) is 5.75 Å². The molecule has 4 rings (SSSR count). The number of methoxy groups -OCH3 is 1. The second-order valence-electron chi connectivity index (χ2n) is 6.62. The second-order valence-corrected chi connectivity index (χ2v) is 6.62. The topological polar surface area (TPSA) is 83.5 Å². The summed E-state index contributed by atoms with van der Waals surface area (Å²) in [6, 6.07) is 14.9. The zero-order valence-corrected chi connectivity index (χ0v) is 16.2. The van der Waals surface area contributed by atoms with Gasteiger partial charge >= 0.3 is 0 Å². The highest BCUT2D eigenvalue weighted by molar-refractivity contribution is 5.97. The average Bonchev–Trinajstić information content (AvgIpc) is 2.80. The van der Waals surface area contributed by atoms with E-state index in [1.807, 2.05) is 41.3 Å². The molecular formula is C21H22N6O2. The normalized spacial score (nSPS) is 13.8. The van der Waals surface area contributed by atoms with Crippen LogP contribution in [0.2, 0.25) is 0 Å². The summed E-state index contributed by atoms with van der Waals surface area (Å²) in [5, 5.41) is 11.8. The zero-order chi connectivity index (χ0) is 20.1. The molecule has 1 amide bonds. The molecule has 8 heteroatoms. The number of nitrogens with zero attached hydrogens (tertiary/aromatic N) is 5. The molecule has 29 heavy (non-hydrogen) atoms. The molecule has 1 aliphatic heterocycles. The molecule has 0 spiro atoms. The Bertz CT molecular complexity index is 956. The van der Waals surface area contributed by atoms with Gasteiger partial charge in [0.2, 0.25) is 0 Å². The largest absolute Gasteiger partial charge is 0.496 e. The van der Waals surface area contributed by atoms with Crippen molar-refractivity contribution in [2.75, 3.05) is 43.5 Å². The number of rotatable bonds is 5. The fourth-order valence-electron chi connectivity index (χ4n) is 3.27. The molecule has 0 bridgehead atoms. The molecule has 1 aliphatic rings. The Morgan fingerprint density at radius 3 is 2.41 bits per heavy atom. The summed E-state index contributed by atoms with van der Waals surface area (Å²) in [6.07, 6.45) is 3.44. The van der Waals surface area contributed by atoms with E-state index in [4.69, 9.17) is 4.74 Å². The fraction of sp³-hybridized carbons (Fsp3) is 0.238. The number of benzene rings is 1. The highest BCUT2D eigenvalue weighted by atomic mass is 16.5. The molecule has 1 fully saturated rings. The van der Waals surface area contributed by atoms with Crippen LogP contribution in [0.3, 0.4) is 0 Å². The quantitative estimate of drug-likeness (QED) is 0.717. The van der Waals surface area contributed by atoms with Gasteiger partial charge in [-0.15, -0.1) is 10.2 Å². The first kappa shape index (κ1) is 18.7. The number of pyridine rings is 1. The maximum atomic E-state index is 12.8. The van der Waals surface area contributed by atoms with Crippen LogP contribution in [0.15, 0.2) is 60.9 Å². The van der Waals surface area contributed by atoms with Crippen LogP contribution in [-0.2, 0) is 0 Å². The van der Waals surface area contributed by atoms with Gasteiger partial charge < -0.3 is 19.9 Å². The molecule has 1 saturated heterocycles. The van der Waals surface area contributed by atoms with Gasteiger partial charge in [0.05, 0.1) is 12.7 Å². The molecule has 0 saturated carbocycles. The van der Waals surface area contributed by atoms with E-state index in [1.165, 1.54) is 0 Å². The minimum atomic E-state index is -0.00918. The van der Waals surface area contributed by atoms with Gasteiger partial charge in [0.15, 0.2) is 11.6 Å². The van der Waals surface area contributed by atoms with Crippen molar-refractivity contribution in [3.63, 3.8) is 0 Å². The van der Waals surface area contributed by atoms with Gasteiger partial charge in [0, 0.05) is 44.3 Å². The monoisotopic (exact) mass is 390 g/mol. The first-order chi connectivity index (χ1) is 14.2. The number of ether oxygens (including phenoxy) is 1. The van der Waals surface area contributed by atoms with Crippen LogP contribution >= 0.6 is 0 Å². The van der Waals surface area contributed by atoms with Crippen molar-refractivity contribution in [1.29, 1.82) is 0 Å². The van der Waals surface area contributed by atoms with Gasteiger partial charge in [0.25, 0.3) is 5.91 Å². The summed E-state index contributed by atoms with van der Waals surface area (Å²) in [7, 11) is 1.58. The number of hydrogen-bond acceptors (Lipinski definition) is 7. The summed E-state index contributed by atoms with van der Waals surface area (Å²) in [5.41, 5.74) is 1.50. The van der Waals surface area contributed by atoms with Crippen LogP contribution in [0, 0.1) is 0 Å². The van der Waals surface area contributed by atoms with Crippen LogP contribution < -0.4 is 15.0 Å². The Morgan fingerprint density at radius 2 is 1.72 bits per heavy atom. The van der Waals surface area contributed by atoms with Crippen LogP contribution in [0.4, 0.5) is 17.3 Å². The van der Waals surface area contributed by atoms with Crippen LogP contribution in [0.1, 0.15) is 10.4 Å². The Morgan fingerprint density at radius 1 is 0.966 bits per heavy atom. The standard InChI is InChI=1S/C21H22N6O2/c1-29-18-5-3-2-4-17(18)21(28)27-14-12-26(13-15-27)20-7-6-19(24-25-20)23-16-8-10-22-11-9-16/h2-11H,12-15H2,1H3,(H,22,23,24). The number of anilines is 3. The molecule has 2 aromatic heterocycles. The average molecular weight is 390 g/mol. The smallest absolute Gasteiger partial charge is 0.257 e. The number of carbonyl (C=O) groups excluding carboxylic acids is 1. The second kappa shape index (κ2) is 8.55. The number of aromatic nitrogens is 3. The van der Waals surface area contributed by atoms with Gasteiger partial charge in [-0.25, -0.2) is 0 Å². The van der Waals surface area contributed by atoms with Crippen molar-refractivity contribution >= 4 is 23.2 Å². The van der Waals surface area contributed by atoms with Crippen molar-refractivity contribution in [1.82, 2.24) is 20.1 Å². The third kappa shape index (κ3) is 4.26. The van der Waals surface area contributed by atoms with Crippen molar-refractivity contribution in [2.24, 2.45) is 0 Å². The fourth-order valence-corrected chi connectivity index (χ4v) is 3.27. The molecule has 148 valence electrons. The number of piperazine rings is 1. The molecular weight excluding hydrogens is 368 g/mol. The molecule has 3 aromatic rings. The Labute approximate surface area is 169 Å². The maximum Gasteiger partial charge on any atom is 0.257 e. The molecule has 1 aromatic carbocycles. The third-order valence-electron chi connectivity index (χ3n) is 4.83. The van der Waals surface area contributed by atoms with Gasteiger partial charge in [-0.2, -0.15) is 0 Å². The number of nitrogens with one attached hydrogen (secondary N) is 1. The van der Waals surface area contributed by atoms with Gasteiger partial charge in [-0.05, 0) is 36.4 Å². The van der Waals surface area contributed by atoms with E-state index >= 15 is 0 Å². The molecule has 0 radical (unpaired) electrons. The number of carbonyl (C=O) groups is 1. The van der Waals surface area contributed by atoms with Crippen molar-refractivity contribution in [3.8, 4) is 5.75 Å². The SMILES string of the molecule is COc1ccccc1C(=O)N1CCN(c2ccc(Nc3ccncc3)nn2)CC1. The molecule has 0 unspecified atom stereocenters. The van der Waals surface area contributed by atoms with E-state index in [9.17, 15) is 4.79 Å². The number of para-hydroxylation sites is 1. The van der Waals surface area contributed by atoms with E-state index in [-0.39, 0.29) is 5.91 Å². The van der Waals surface area contributed by atoms with E-state index < -0.39 is 0 Å². The van der Waals surface area contributed by atoms with Gasteiger partial charge in [-0.3, -0.25) is 9.78 Å². The predicted molar refractivity (Wildman–Crippen MR) is 111 cm³/mol. The van der Waals surface area contributed by atoms with E-state index in [0.29, 0.717) is 43.3 Å². The lowest BCUT2D eigenvalue weighted by Crippen LogP contribution is -2.49. The van der Waals surface area contributed by atoms with Crippen molar-refractivity contribution in [3.05, 3.63) is 66.5 Å². The van der Waals surface area contributed by atoms with E-state index in [2.05, 4.69) is 25.4 Å². The number of amides is 1. The lowest BCUT2D eigenvalue weighted by atomic mass is 10.1. The van der Waals surface area contributed by atoms with E-state index in [0.717, 1.165) is 11.5 Å². The molecule has 3 heterocycles. The first-order valence-corrected chi connectivity index (χ1v) is 9.42. The molecule has 1 N–H and O–H groups in total. The molecule has 0 aliphatic carbocycles. The molecule has 0 atom stereocenters. The van der Waals surface area contributed by atoms with Crippen molar-refractivity contribution < 1.29 is 9.53 Å². The van der Waals surface area contributed by atoms with Crippen LogP contribution in [-0.4, -0.2) is 59.3 Å². The number of hydrogen-bond donors (Lipinski definition) is 1. The lowest BCUT2D eigenvalue weighted by molar-refractivity contribution is 0.0743. The van der Waals surface area contributed by atoms with Gasteiger partial charge in [-0.1, -0.05) is 12.1 Å². The minimum absolute atomic E-state index is 0.00918. The Hall–Kier alpha value is -3.68. The van der Waals surface area contributed by atoms with Crippen molar-refractivity contribution in [2.45, 2.75) is 0 Å². The predicted octanol–water partition coefficient (Wildman–Crippen LogP) is 2.59. The summed E-state index contributed by atoms with van der Waals surface area (Å²) in [4.78, 5) is 20.8. The first-order valence-electron chi connectivity index (χ1n) is 9.42. The van der Waals surface area contributed by atoms with E-state index in [1.54, 1.807) is 31.6 Å². The summed E-state index contributed by atoms with van der Waals surface area (Å²) < 4.78 is 5.32. The highest BCUT2D eigenvalue weighted by Gasteiger charge is 2.24. The van der Waals surface area contributed by atoms with Crippen LogP contribution in [0.25, 0.3) is 0 Å². The Kier molecular flexibility index (Phi) is 5.51. The lowest BCUT2D eigenvalue weighted by Gasteiger charge is -2.35. The highest BCUT2D eigenvalue weighted by Crippen LogP contribution is 2.21. The Balaban J connectivity index is 1.36. The summed E-state index contributed by atoms with van der Waals surface area (Å²) in [6.45, 7) is 2.64. The van der Waals surface area contributed by atoms with Crippen LogP contribution in [0.5, 0.6) is 5.75 Å². The molecule has 8 nitrogen and oxygen atoms in total. The maximum absolute atomic E-state index is 12.8. The third-order valence-corrected chi connectivity index (χ3v) is 4.83.